The van der Waals surface area contributed by atoms with Gasteiger partial charge in [0.15, 0.2) is 0 Å². The van der Waals surface area contributed by atoms with Crippen LogP contribution in [-0.4, -0.2) is 71.0 Å². The van der Waals surface area contributed by atoms with E-state index in [0.29, 0.717) is 0 Å². The van der Waals surface area contributed by atoms with Crippen molar-refractivity contribution in [3.8, 4) is 0 Å². The minimum atomic E-state index is 0.753. The summed E-state index contributed by atoms with van der Waals surface area (Å²) in [5, 5.41) is 0. The van der Waals surface area contributed by atoms with Crippen LogP contribution < -0.4 is 0 Å². The van der Waals surface area contributed by atoms with Gasteiger partial charge < -0.3 is 4.42 Å². The summed E-state index contributed by atoms with van der Waals surface area (Å²) in [5.74, 6) is 0.848. The number of aromatic nitrogens is 1. The fourth-order valence-corrected chi connectivity index (χ4v) is 4.34. The minimum absolute atomic E-state index is 0.753. The van der Waals surface area contributed by atoms with Crippen LogP contribution in [0.1, 0.15) is 38.0 Å². The maximum atomic E-state index is 5.33. The van der Waals surface area contributed by atoms with Crippen LogP contribution in [0.15, 0.2) is 16.9 Å². The van der Waals surface area contributed by atoms with E-state index in [1.165, 1.54) is 71.4 Å². The average molecular weight is 304 g/mol. The Labute approximate surface area is 133 Å². The van der Waals surface area contributed by atoms with Gasteiger partial charge in [0, 0.05) is 51.4 Å². The van der Waals surface area contributed by atoms with Gasteiger partial charge in [-0.05, 0) is 12.8 Å². The van der Waals surface area contributed by atoms with Crippen molar-refractivity contribution >= 4 is 0 Å². The molecule has 4 rings (SSSR count). The Balaban J connectivity index is 1.19. The van der Waals surface area contributed by atoms with Crippen molar-refractivity contribution in [3.05, 3.63) is 18.4 Å². The number of hydrogen-bond donors (Lipinski definition) is 0. The fourth-order valence-electron chi connectivity index (χ4n) is 4.34. The van der Waals surface area contributed by atoms with E-state index in [0.717, 1.165) is 24.5 Å². The standard InChI is InChI=1S/C17H28N4O/c1-2-4-15(5-3-1)20-7-9-21(10-8-20)16-12-19(13-16)14-17-18-6-11-22-17/h6,11,15-16H,1-5,7-10,12-14H2. The number of piperazine rings is 1. The smallest absolute Gasteiger partial charge is 0.208 e. The molecule has 0 spiro atoms. The summed E-state index contributed by atoms with van der Waals surface area (Å²) in [6.45, 7) is 8.28. The Morgan fingerprint density at radius 3 is 2.27 bits per heavy atom. The van der Waals surface area contributed by atoms with Gasteiger partial charge in [-0.3, -0.25) is 14.7 Å². The maximum Gasteiger partial charge on any atom is 0.208 e. The molecule has 3 heterocycles. The molecule has 0 aromatic carbocycles. The predicted octanol–water partition coefficient (Wildman–Crippen LogP) is 1.81. The van der Waals surface area contributed by atoms with Gasteiger partial charge in [0.2, 0.25) is 5.89 Å². The molecular formula is C17H28N4O. The number of rotatable bonds is 4. The zero-order valence-electron chi connectivity index (χ0n) is 13.5. The van der Waals surface area contributed by atoms with Crippen molar-refractivity contribution in [1.29, 1.82) is 0 Å². The molecule has 0 atom stereocenters. The Bertz CT molecular complexity index is 443. The summed E-state index contributed by atoms with van der Waals surface area (Å²) in [5.41, 5.74) is 0. The number of oxazole rings is 1. The van der Waals surface area contributed by atoms with Crippen LogP contribution in [0.4, 0.5) is 0 Å². The highest BCUT2D eigenvalue weighted by Gasteiger charge is 2.35. The van der Waals surface area contributed by atoms with E-state index < -0.39 is 0 Å². The van der Waals surface area contributed by atoms with Crippen molar-refractivity contribution in [2.75, 3.05) is 39.3 Å². The van der Waals surface area contributed by atoms with Crippen LogP contribution in [0.5, 0.6) is 0 Å². The monoisotopic (exact) mass is 304 g/mol. The van der Waals surface area contributed by atoms with Gasteiger partial charge in [0.05, 0.1) is 12.7 Å². The second-order valence-electron chi connectivity index (χ2n) is 7.14. The lowest BCUT2D eigenvalue weighted by molar-refractivity contribution is -0.0131. The molecule has 0 bridgehead atoms. The highest BCUT2D eigenvalue weighted by molar-refractivity contribution is 4.93. The highest BCUT2D eigenvalue weighted by Crippen LogP contribution is 2.25. The summed E-state index contributed by atoms with van der Waals surface area (Å²) < 4.78 is 5.33. The molecule has 122 valence electrons. The topological polar surface area (TPSA) is 35.8 Å². The molecule has 5 nitrogen and oxygen atoms in total. The summed E-state index contributed by atoms with van der Waals surface area (Å²) in [4.78, 5) is 12.1. The van der Waals surface area contributed by atoms with Gasteiger partial charge in [-0.25, -0.2) is 4.98 Å². The van der Waals surface area contributed by atoms with E-state index in [4.69, 9.17) is 4.42 Å². The van der Waals surface area contributed by atoms with E-state index in [1.54, 1.807) is 12.5 Å². The van der Waals surface area contributed by atoms with E-state index in [1.807, 2.05) is 0 Å². The lowest BCUT2D eigenvalue weighted by Gasteiger charge is -2.49. The molecule has 3 aliphatic rings. The van der Waals surface area contributed by atoms with Gasteiger partial charge >= 0.3 is 0 Å². The summed E-state index contributed by atoms with van der Waals surface area (Å²) in [6.07, 6.45) is 10.6. The average Bonchev–Trinajstić information content (AvgIpc) is 3.05. The number of nitrogens with zero attached hydrogens (tertiary/aromatic N) is 4. The van der Waals surface area contributed by atoms with Crippen molar-refractivity contribution in [2.45, 2.75) is 50.7 Å². The Morgan fingerprint density at radius 1 is 0.955 bits per heavy atom. The van der Waals surface area contributed by atoms with E-state index in [9.17, 15) is 0 Å². The second kappa shape index (κ2) is 6.69. The van der Waals surface area contributed by atoms with Gasteiger partial charge in [0.25, 0.3) is 0 Å². The molecule has 3 fully saturated rings. The van der Waals surface area contributed by atoms with Crippen molar-refractivity contribution in [1.82, 2.24) is 19.7 Å². The largest absolute Gasteiger partial charge is 0.448 e. The third-order valence-corrected chi connectivity index (χ3v) is 5.74. The fraction of sp³-hybridized carbons (Fsp3) is 0.824. The quantitative estimate of drug-likeness (QED) is 0.848. The first-order valence-electron chi connectivity index (χ1n) is 8.97. The van der Waals surface area contributed by atoms with E-state index in [2.05, 4.69) is 19.7 Å². The Morgan fingerprint density at radius 2 is 1.64 bits per heavy atom. The van der Waals surface area contributed by atoms with Crippen molar-refractivity contribution in [2.24, 2.45) is 0 Å². The molecule has 5 heteroatoms. The first-order valence-corrected chi connectivity index (χ1v) is 8.97. The normalized spacial score (nSPS) is 27.1. The molecule has 1 aromatic heterocycles. The van der Waals surface area contributed by atoms with Gasteiger partial charge in [0.1, 0.15) is 6.26 Å². The minimum Gasteiger partial charge on any atom is -0.448 e. The molecule has 1 saturated carbocycles. The molecule has 22 heavy (non-hydrogen) atoms. The third-order valence-electron chi connectivity index (χ3n) is 5.74. The van der Waals surface area contributed by atoms with Gasteiger partial charge in [-0.15, -0.1) is 0 Å². The Hall–Kier alpha value is -0.910. The first kappa shape index (κ1) is 14.7. The molecule has 2 saturated heterocycles. The second-order valence-corrected chi connectivity index (χ2v) is 7.14. The molecule has 0 radical (unpaired) electrons. The van der Waals surface area contributed by atoms with Crippen LogP contribution in [0.3, 0.4) is 0 Å². The third kappa shape index (κ3) is 3.21. The first-order chi connectivity index (χ1) is 10.9. The van der Waals surface area contributed by atoms with Gasteiger partial charge in [-0.1, -0.05) is 19.3 Å². The molecule has 1 aliphatic carbocycles. The molecule has 0 N–H and O–H groups in total. The highest BCUT2D eigenvalue weighted by atomic mass is 16.3. The van der Waals surface area contributed by atoms with E-state index in [-0.39, 0.29) is 0 Å². The summed E-state index contributed by atoms with van der Waals surface area (Å²) in [6, 6.07) is 1.64. The predicted molar refractivity (Wildman–Crippen MR) is 85.6 cm³/mol. The van der Waals surface area contributed by atoms with Crippen LogP contribution in [0.2, 0.25) is 0 Å². The van der Waals surface area contributed by atoms with Crippen molar-refractivity contribution < 1.29 is 4.42 Å². The summed E-state index contributed by atoms with van der Waals surface area (Å²) in [7, 11) is 0. The zero-order chi connectivity index (χ0) is 14.8. The number of hydrogen-bond acceptors (Lipinski definition) is 5. The lowest BCUT2D eigenvalue weighted by atomic mass is 9.93. The lowest BCUT2D eigenvalue weighted by Crippen LogP contribution is -2.63. The van der Waals surface area contributed by atoms with Crippen LogP contribution in [0.25, 0.3) is 0 Å². The molecule has 0 amide bonds. The van der Waals surface area contributed by atoms with Crippen LogP contribution in [0, 0.1) is 0 Å². The van der Waals surface area contributed by atoms with E-state index >= 15 is 0 Å². The summed E-state index contributed by atoms with van der Waals surface area (Å²) >= 11 is 0. The SMILES string of the molecule is c1coc(CN2CC(N3CCN(C4CCCCC4)CC3)C2)n1. The molecular weight excluding hydrogens is 276 g/mol. The molecule has 0 unspecified atom stereocenters. The molecule has 2 aliphatic heterocycles. The zero-order valence-corrected chi connectivity index (χ0v) is 13.5. The van der Waals surface area contributed by atoms with Gasteiger partial charge in [-0.2, -0.15) is 0 Å². The Kier molecular flexibility index (Phi) is 4.46. The molecule has 1 aromatic rings. The van der Waals surface area contributed by atoms with Crippen LogP contribution >= 0.6 is 0 Å². The van der Waals surface area contributed by atoms with Crippen LogP contribution in [-0.2, 0) is 6.54 Å². The number of likely N-dealkylation sites (tertiary alicyclic amines) is 1. The van der Waals surface area contributed by atoms with Crippen molar-refractivity contribution in [3.63, 3.8) is 0 Å². The maximum absolute atomic E-state index is 5.33.